The summed E-state index contributed by atoms with van der Waals surface area (Å²) in [5.74, 6) is 7.23. The van der Waals surface area contributed by atoms with Gasteiger partial charge in [-0.05, 0) is 47.2 Å². The molecule has 0 spiro atoms. The topological polar surface area (TPSA) is 76.3 Å². The van der Waals surface area contributed by atoms with Gasteiger partial charge in [0.25, 0.3) is 0 Å². The normalized spacial score (nSPS) is 10.4. The monoisotopic (exact) mass is 474 g/mol. The highest BCUT2D eigenvalue weighted by molar-refractivity contribution is 6.33. The molecule has 35 heavy (non-hydrogen) atoms. The van der Waals surface area contributed by atoms with Crippen molar-refractivity contribution in [3.8, 4) is 35.4 Å². The summed E-state index contributed by atoms with van der Waals surface area (Å²) in [6.07, 6.45) is 0. The number of rotatable bonds is 1. The van der Waals surface area contributed by atoms with Gasteiger partial charge in [0.05, 0.1) is 39.9 Å². The number of aromatic nitrogens is 2. The Kier molecular flexibility index (Phi) is 6.75. The minimum Gasteiger partial charge on any atom is -0.337 e. The lowest BCUT2D eigenvalue weighted by Crippen LogP contribution is -1.91. The van der Waals surface area contributed by atoms with Crippen LogP contribution >= 0.6 is 11.6 Å². The van der Waals surface area contributed by atoms with Gasteiger partial charge in [-0.2, -0.15) is 10.5 Å². The van der Waals surface area contributed by atoms with Crippen molar-refractivity contribution in [1.82, 2.24) is 9.97 Å². The predicted molar refractivity (Wildman–Crippen MR) is 144 cm³/mol. The summed E-state index contributed by atoms with van der Waals surface area (Å²) in [4.78, 5) is 8.26. The first-order valence-corrected chi connectivity index (χ1v) is 11.9. The first kappa shape index (κ1) is 23.8. The van der Waals surface area contributed by atoms with Crippen molar-refractivity contribution in [3.63, 3.8) is 0 Å². The van der Waals surface area contributed by atoms with E-state index in [0.29, 0.717) is 27.5 Å². The number of fused-ring (bicyclic) bond motifs is 6. The molecule has 4 nitrogen and oxygen atoms in total. The van der Waals surface area contributed by atoms with Crippen molar-refractivity contribution in [1.29, 1.82) is 10.5 Å². The van der Waals surface area contributed by atoms with E-state index in [1.54, 1.807) is 18.2 Å². The highest BCUT2D eigenvalue weighted by Crippen LogP contribution is 2.37. The molecule has 0 aliphatic rings. The van der Waals surface area contributed by atoms with Crippen LogP contribution in [0.5, 0.6) is 0 Å². The van der Waals surface area contributed by atoms with Crippen molar-refractivity contribution in [2.45, 2.75) is 27.7 Å². The molecule has 0 atom stereocenters. The van der Waals surface area contributed by atoms with Crippen molar-refractivity contribution in [2.24, 2.45) is 5.92 Å². The number of hydrogen-bond donors (Lipinski definition) is 1. The van der Waals surface area contributed by atoms with Crippen LogP contribution < -0.4 is 0 Å². The van der Waals surface area contributed by atoms with Crippen LogP contribution in [0.1, 0.15) is 44.4 Å². The lowest BCUT2D eigenvalue weighted by atomic mass is 9.98. The standard InChI is InChI=1S/C28H17ClN4.C2H6/c1-16(2)6-7-17-8-10-21-23(12-17)24-13-20(29)9-11-22(24)27-26(21)32-28(33-27)25-18(14-30)4-3-5-19(25)15-31;1-2/h3-5,8-13,16H,1-2H3,(H,32,33);1-2H3. The molecule has 0 saturated carbocycles. The molecule has 5 rings (SSSR count). The Labute approximate surface area is 209 Å². The van der Waals surface area contributed by atoms with Crippen molar-refractivity contribution >= 4 is 44.2 Å². The van der Waals surface area contributed by atoms with Crippen LogP contribution in [0.25, 0.3) is 44.0 Å². The summed E-state index contributed by atoms with van der Waals surface area (Å²) in [5, 5.41) is 23.8. The molecule has 1 heterocycles. The number of aromatic amines is 1. The molecule has 0 aliphatic heterocycles. The van der Waals surface area contributed by atoms with Gasteiger partial charge in [-0.25, -0.2) is 4.98 Å². The molecule has 1 aromatic heterocycles. The fourth-order valence-electron chi connectivity index (χ4n) is 4.11. The van der Waals surface area contributed by atoms with Gasteiger partial charge in [0.2, 0.25) is 0 Å². The Bertz CT molecular complexity index is 1700. The summed E-state index contributed by atoms with van der Waals surface area (Å²) in [6.45, 7) is 8.13. The average Bonchev–Trinajstić information content (AvgIpc) is 3.33. The van der Waals surface area contributed by atoms with Crippen LogP contribution in [-0.2, 0) is 0 Å². The van der Waals surface area contributed by atoms with E-state index < -0.39 is 0 Å². The number of H-pyrrole nitrogens is 1. The largest absolute Gasteiger partial charge is 0.337 e. The fraction of sp³-hybridized carbons (Fsp3) is 0.167. The van der Waals surface area contributed by atoms with Crippen LogP contribution in [0, 0.1) is 40.4 Å². The van der Waals surface area contributed by atoms with E-state index in [0.717, 1.165) is 38.1 Å². The third-order valence-corrected chi connectivity index (χ3v) is 5.80. The summed E-state index contributed by atoms with van der Waals surface area (Å²) in [7, 11) is 0. The second-order valence-electron chi connectivity index (χ2n) is 8.14. The van der Waals surface area contributed by atoms with Crippen LogP contribution in [-0.4, -0.2) is 9.97 Å². The quantitative estimate of drug-likeness (QED) is 0.197. The first-order chi connectivity index (χ1) is 17.0. The van der Waals surface area contributed by atoms with Gasteiger partial charge in [-0.1, -0.05) is 69.3 Å². The molecule has 0 saturated heterocycles. The number of hydrogen-bond acceptors (Lipinski definition) is 3. The van der Waals surface area contributed by atoms with Gasteiger partial charge in [-0.3, -0.25) is 0 Å². The van der Waals surface area contributed by atoms with E-state index in [4.69, 9.17) is 16.6 Å². The molecule has 5 aromatic rings. The van der Waals surface area contributed by atoms with Crippen LogP contribution in [0.3, 0.4) is 0 Å². The maximum Gasteiger partial charge on any atom is 0.141 e. The summed E-state index contributed by atoms with van der Waals surface area (Å²) in [5.41, 5.74) is 3.84. The fourth-order valence-corrected chi connectivity index (χ4v) is 4.28. The maximum absolute atomic E-state index is 9.64. The second-order valence-corrected chi connectivity index (χ2v) is 8.57. The number of nitriles is 2. The second kappa shape index (κ2) is 9.90. The molecular formula is C30H23ClN4. The lowest BCUT2D eigenvalue weighted by Gasteiger charge is -2.07. The van der Waals surface area contributed by atoms with E-state index in [9.17, 15) is 10.5 Å². The predicted octanol–water partition coefficient (Wildman–Crippen LogP) is 7.97. The van der Waals surface area contributed by atoms with E-state index in [1.165, 1.54) is 0 Å². The van der Waals surface area contributed by atoms with Gasteiger partial charge in [0.1, 0.15) is 5.82 Å². The molecule has 0 unspecified atom stereocenters. The zero-order chi connectivity index (χ0) is 25.1. The molecule has 0 radical (unpaired) electrons. The minimum atomic E-state index is 0.277. The van der Waals surface area contributed by atoms with E-state index >= 15 is 0 Å². The smallest absolute Gasteiger partial charge is 0.141 e. The SMILES string of the molecule is CC.CC(C)C#Cc1ccc2c(c1)c1cc(Cl)ccc1c1nc(-c3c(C#N)cccc3C#N)[nH]c21. The Morgan fingerprint density at radius 3 is 2.17 bits per heavy atom. The molecule has 0 aliphatic carbocycles. The molecule has 5 heteroatoms. The molecule has 4 aromatic carbocycles. The zero-order valence-corrected chi connectivity index (χ0v) is 20.7. The number of imidazole rings is 1. The maximum atomic E-state index is 9.64. The van der Waals surface area contributed by atoms with E-state index in [2.05, 4.69) is 48.9 Å². The van der Waals surface area contributed by atoms with Gasteiger partial charge in [0, 0.05) is 27.3 Å². The summed E-state index contributed by atoms with van der Waals surface area (Å²) >= 11 is 6.36. The Hall–Kier alpha value is -4.30. The van der Waals surface area contributed by atoms with Crippen LogP contribution in [0.2, 0.25) is 5.02 Å². The molecule has 0 amide bonds. The van der Waals surface area contributed by atoms with Gasteiger partial charge < -0.3 is 4.98 Å². The van der Waals surface area contributed by atoms with E-state index in [-0.39, 0.29) is 5.92 Å². The highest BCUT2D eigenvalue weighted by Gasteiger charge is 2.18. The minimum absolute atomic E-state index is 0.277. The van der Waals surface area contributed by atoms with Gasteiger partial charge in [-0.15, -0.1) is 0 Å². The van der Waals surface area contributed by atoms with E-state index in [1.807, 2.05) is 44.2 Å². The Balaban J connectivity index is 0.00000141. The lowest BCUT2D eigenvalue weighted by molar-refractivity contribution is 0.866. The Morgan fingerprint density at radius 1 is 0.857 bits per heavy atom. The van der Waals surface area contributed by atoms with Crippen LogP contribution in [0.4, 0.5) is 0 Å². The van der Waals surface area contributed by atoms with Crippen LogP contribution in [0.15, 0.2) is 54.6 Å². The molecule has 170 valence electrons. The molecule has 0 fully saturated rings. The summed E-state index contributed by atoms with van der Waals surface area (Å²) in [6, 6.07) is 21.3. The van der Waals surface area contributed by atoms with Crippen molar-refractivity contribution in [3.05, 3.63) is 76.3 Å². The van der Waals surface area contributed by atoms with Gasteiger partial charge >= 0.3 is 0 Å². The number of nitrogens with zero attached hydrogens (tertiary/aromatic N) is 3. The number of halogens is 1. The summed E-state index contributed by atoms with van der Waals surface area (Å²) < 4.78 is 0. The van der Waals surface area contributed by atoms with Crippen molar-refractivity contribution < 1.29 is 0 Å². The average molecular weight is 475 g/mol. The molecule has 0 bridgehead atoms. The Morgan fingerprint density at radius 2 is 1.51 bits per heavy atom. The van der Waals surface area contributed by atoms with Gasteiger partial charge in [0.15, 0.2) is 0 Å². The first-order valence-electron chi connectivity index (χ1n) is 11.5. The molecule has 1 N–H and O–H groups in total. The zero-order valence-electron chi connectivity index (χ0n) is 20.0. The number of benzene rings is 4. The highest BCUT2D eigenvalue weighted by atomic mass is 35.5. The molecular weight excluding hydrogens is 452 g/mol. The van der Waals surface area contributed by atoms with Crippen molar-refractivity contribution in [2.75, 3.05) is 0 Å². The third kappa shape index (κ3) is 4.31. The third-order valence-electron chi connectivity index (χ3n) is 5.57. The number of nitrogens with one attached hydrogen (secondary N) is 1.